The molecular formula is C20H11ClO. The zero-order chi connectivity index (χ0) is 14.7. The van der Waals surface area contributed by atoms with Crippen LogP contribution in [0.1, 0.15) is 0 Å². The third kappa shape index (κ3) is 1.60. The molecule has 1 heterocycles. The molecular weight excluding hydrogens is 292 g/mol. The summed E-state index contributed by atoms with van der Waals surface area (Å²) >= 11 is 6.11. The lowest BCUT2D eigenvalue weighted by Gasteiger charge is -2.07. The largest absolute Gasteiger partial charge is 0.464 e. The molecule has 0 aliphatic rings. The Hall–Kier alpha value is -2.51. The molecule has 0 aliphatic carbocycles. The van der Waals surface area contributed by atoms with E-state index >= 15 is 0 Å². The molecule has 22 heavy (non-hydrogen) atoms. The zero-order valence-corrected chi connectivity index (χ0v) is 12.4. The van der Waals surface area contributed by atoms with Gasteiger partial charge in [-0.25, -0.2) is 0 Å². The molecule has 0 unspecified atom stereocenters. The molecule has 5 aromatic rings. The molecule has 0 atom stereocenters. The molecule has 0 aliphatic heterocycles. The predicted octanol–water partition coefficient (Wildman–Crippen LogP) is 6.55. The van der Waals surface area contributed by atoms with Crippen LogP contribution in [0, 0.1) is 0 Å². The van der Waals surface area contributed by atoms with Crippen molar-refractivity contribution in [3.63, 3.8) is 0 Å². The van der Waals surface area contributed by atoms with E-state index in [2.05, 4.69) is 36.4 Å². The Morgan fingerprint density at radius 1 is 0.591 bits per heavy atom. The maximum Gasteiger partial charge on any atom is 0.134 e. The fourth-order valence-corrected chi connectivity index (χ4v) is 3.49. The average Bonchev–Trinajstić information content (AvgIpc) is 3.01. The van der Waals surface area contributed by atoms with Gasteiger partial charge in [-0.15, -0.1) is 0 Å². The Labute approximate surface area is 131 Å². The van der Waals surface area contributed by atoms with Crippen LogP contribution >= 0.6 is 11.6 Å². The van der Waals surface area contributed by atoms with Crippen molar-refractivity contribution in [3.8, 4) is 0 Å². The Morgan fingerprint density at radius 3 is 2.36 bits per heavy atom. The van der Waals surface area contributed by atoms with Gasteiger partial charge in [-0.3, -0.25) is 0 Å². The van der Waals surface area contributed by atoms with Crippen molar-refractivity contribution in [3.05, 3.63) is 71.9 Å². The fourth-order valence-electron chi connectivity index (χ4n) is 3.31. The highest BCUT2D eigenvalue weighted by Crippen LogP contribution is 2.34. The molecule has 0 N–H and O–H groups in total. The van der Waals surface area contributed by atoms with Crippen LogP contribution in [0.15, 0.2) is 71.3 Å². The number of hydrogen-bond acceptors (Lipinski definition) is 1. The number of fused-ring (bicyclic) bond motifs is 6. The Bertz CT molecular complexity index is 1180. The summed E-state index contributed by atoms with van der Waals surface area (Å²) in [6.07, 6.45) is 1.75. The van der Waals surface area contributed by atoms with Crippen LogP contribution in [0.5, 0.6) is 0 Å². The number of halogens is 1. The number of hydrogen-bond donors (Lipinski definition) is 0. The predicted molar refractivity (Wildman–Crippen MR) is 93.7 cm³/mol. The van der Waals surface area contributed by atoms with Crippen LogP contribution in [0.3, 0.4) is 0 Å². The van der Waals surface area contributed by atoms with E-state index in [4.69, 9.17) is 16.0 Å². The lowest BCUT2D eigenvalue weighted by molar-refractivity contribution is 0.616. The van der Waals surface area contributed by atoms with E-state index in [9.17, 15) is 0 Å². The van der Waals surface area contributed by atoms with Gasteiger partial charge in [0.05, 0.1) is 6.26 Å². The van der Waals surface area contributed by atoms with E-state index < -0.39 is 0 Å². The molecule has 5 rings (SSSR count). The van der Waals surface area contributed by atoms with E-state index in [0.717, 1.165) is 16.0 Å². The maximum atomic E-state index is 6.11. The third-order valence-corrected chi connectivity index (χ3v) is 4.60. The molecule has 104 valence electrons. The summed E-state index contributed by atoms with van der Waals surface area (Å²) in [7, 11) is 0. The quantitative estimate of drug-likeness (QED) is 0.234. The van der Waals surface area contributed by atoms with Crippen LogP contribution in [0.25, 0.3) is 43.3 Å². The van der Waals surface area contributed by atoms with Gasteiger partial charge in [0.15, 0.2) is 0 Å². The second-order valence-corrected chi connectivity index (χ2v) is 6.06. The first-order valence-corrected chi connectivity index (χ1v) is 7.59. The van der Waals surface area contributed by atoms with Crippen molar-refractivity contribution in [2.24, 2.45) is 0 Å². The molecule has 2 heteroatoms. The number of benzene rings is 4. The maximum absolute atomic E-state index is 6.11. The molecule has 0 amide bonds. The lowest BCUT2D eigenvalue weighted by atomic mass is 9.97. The molecule has 0 fully saturated rings. The summed E-state index contributed by atoms with van der Waals surface area (Å²) in [5, 5.41) is 9.28. The van der Waals surface area contributed by atoms with E-state index in [1.54, 1.807) is 6.26 Å². The van der Waals surface area contributed by atoms with Gasteiger partial charge in [-0.2, -0.15) is 0 Å². The molecule has 1 aromatic heterocycles. The van der Waals surface area contributed by atoms with Gasteiger partial charge in [0.25, 0.3) is 0 Å². The highest BCUT2D eigenvalue weighted by atomic mass is 35.5. The van der Waals surface area contributed by atoms with Gasteiger partial charge in [-0.05, 0) is 68.7 Å². The lowest BCUT2D eigenvalue weighted by Crippen LogP contribution is -1.80. The monoisotopic (exact) mass is 302 g/mol. The fraction of sp³-hybridized carbons (Fsp3) is 0. The van der Waals surface area contributed by atoms with Crippen LogP contribution in [0.2, 0.25) is 5.02 Å². The standard InChI is InChI=1S/C20H11ClO/c21-15-3-1-12-11-19-13(9-14(12)10-15)2-4-16-17(19)5-6-20-18(16)7-8-22-20/h1-11H. The van der Waals surface area contributed by atoms with Crippen LogP contribution < -0.4 is 0 Å². The molecule has 0 spiro atoms. The van der Waals surface area contributed by atoms with E-state index in [0.29, 0.717) is 0 Å². The summed E-state index contributed by atoms with van der Waals surface area (Å²) in [6, 6.07) is 21.0. The highest BCUT2D eigenvalue weighted by molar-refractivity contribution is 6.31. The normalized spacial score (nSPS) is 11.9. The Balaban J connectivity index is 2.00. The average molecular weight is 303 g/mol. The van der Waals surface area contributed by atoms with Gasteiger partial charge in [0.2, 0.25) is 0 Å². The topological polar surface area (TPSA) is 13.1 Å². The molecule has 0 saturated heterocycles. The van der Waals surface area contributed by atoms with Gasteiger partial charge in [0, 0.05) is 10.4 Å². The molecule has 0 saturated carbocycles. The minimum absolute atomic E-state index is 0.771. The van der Waals surface area contributed by atoms with Gasteiger partial charge in [0.1, 0.15) is 5.58 Å². The molecule has 1 nitrogen and oxygen atoms in total. The Morgan fingerprint density at radius 2 is 1.41 bits per heavy atom. The number of rotatable bonds is 0. The molecule has 0 bridgehead atoms. The number of furan rings is 1. The summed E-state index contributed by atoms with van der Waals surface area (Å²) in [5.41, 5.74) is 0.930. The van der Waals surface area contributed by atoms with E-state index in [1.807, 2.05) is 24.3 Å². The first kappa shape index (κ1) is 12.1. The first-order chi connectivity index (χ1) is 10.8. The highest BCUT2D eigenvalue weighted by Gasteiger charge is 2.07. The summed E-state index contributed by atoms with van der Waals surface area (Å²) in [6.45, 7) is 0. The first-order valence-electron chi connectivity index (χ1n) is 7.21. The van der Waals surface area contributed by atoms with Crippen molar-refractivity contribution in [2.75, 3.05) is 0 Å². The Kier molecular flexibility index (Phi) is 2.33. The molecule has 0 radical (unpaired) electrons. The third-order valence-electron chi connectivity index (χ3n) is 4.37. The summed E-state index contributed by atoms with van der Waals surface area (Å²) in [5.74, 6) is 0. The second-order valence-electron chi connectivity index (χ2n) is 5.62. The van der Waals surface area contributed by atoms with Crippen molar-refractivity contribution in [1.29, 1.82) is 0 Å². The second kappa shape index (κ2) is 4.25. The molecule has 4 aromatic carbocycles. The van der Waals surface area contributed by atoms with Gasteiger partial charge < -0.3 is 4.42 Å². The van der Waals surface area contributed by atoms with Gasteiger partial charge in [-0.1, -0.05) is 35.9 Å². The minimum atomic E-state index is 0.771. The minimum Gasteiger partial charge on any atom is -0.464 e. The van der Waals surface area contributed by atoms with Crippen LogP contribution in [-0.4, -0.2) is 0 Å². The van der Waals surface area contributed by atoms with Crippen molar-refractivity contribution < 1.29 is 4.42 Å². The van der Waals surface area contributed by atoms with Crippen molar-refractivity contribution >= 4 is 54.9 Å². The summed E-state index contributed by atoms with van der Waals surface area (Å²) < 4.78 is 5.51. The SMILES string of the molecule is Clc1ccc2cc3c(ccc4c5ccoc5ccc34)cc2c1. The van der Waals surface area contributed by atoms with E-state index in [1.165, 1.54) is 32.3 Å². The van der Waals surface area contributed by atoms with Crippen LogP contribution in [-0.2, 0) is 0 Å². The van der Waals surface area contributed by atoms with Crippen LogP contribution in [0.4, 0.5) is 0 Å². The zero-order valence-electron chi connectivity index (χ0n) is 11.6. The van der Waals surface area contributed by atoms with E-state index in [-0.39, 0.29) is 0 Å². The van der Waals surface area contributed by atoms with Gasteiger partial charge >= 0.3 is 0 Å². The van der Waals surface area contributed by atoms with Crippen molar-refractivity contribution in [1.82, 2.24) is 0 Å². The smallest absolute Gasteiger partial charge is 0.134 e. The summed E-state index contributed by atoms with van der Waals surface area (Å²) in [4.78, 5) is 0. The van der Waals surface area contributed by atoms with Crippen molar-refractivity contribution in [2.45, 2.75) is 0 Å².